The third-order valence-electron chi connectivity index (χ3n) is 5.01. The highest BCUT2D eigenvalue weighted by Crippen LogP contribution is 2.22. The van der Waals surface area contributed by atoms with Crippen molar-refractivity contribution in [1.29, 1.82) is 0 Å². The number of aromatic nitrogens is 1. The number of carbonyl (C=O) groups excluding carboxylic acids is 1. The summed E-state index contributed by atoms with van der Waals surface area (Å²) in [6.45, 7) is 3.69. The molecule has 2 heterocycles. The number of piperidine rings is 1. The van der Waals surface area contributed by atoms with E-state index >= 15 is 0 Å². The zero-order valence-corrected chi connectivity index (χ0v) is 14.5. The van der Waals surface area contributed by atoms with Crippen molar-refractivity contribution in [2.45, 2.75) is 32.2 Å². The highest BCUT2D eigenvalue weighted by molar-refractivity contribution is 5.79. The predicted molar refractivity (Wildman–Crippen MR) is 97.1 cm³/mol. The molecule has 0 spiro atoms. The lowest BCUT2D eigenvalue weighted by atomic mass is 10.0. The quantitative estimate of drug-likeness (QED) is 0.868. The highest BCUT2D eigenvalue weighted by atomic mass is 16.2. The average molecular weight is 323 g/mol. The van der Waals surface area contributed by atoms with E-state index in [0.29, 0.717) is 12.5 Å². The Morgan fingerprint density at radius 2 is 1.92 bits per heavy atom. The molecule has 0 aliphatic carbocycles. The van der Waals surface area contributed by atoms with E-state index in [2.05, 4.69) is 41.2 Å². The Hall–Kier alpha value is -2.36. The van der Waals surface area contributed by atoms with E-state index < -0.39 is 0 Å². The summed E-state index contributed by atoms with van der Waals surface area (Å²) in [5.41, 5.74) is 3.41. The van der Waals surface area contributed by atoms with Crippen LogP contribution in [0, 0.1) is 6.92 Å². The molecule has 1 aromatic heterocycles. The van der Waals surface area contributed by atoms with Crippen molar-refractivity contribution in [3.8, 4) is 0 Å². The maximum Gasteiger partial charge on any atom is 0.227 e. The van der Waals surface area contributed by atoms with Gasteiger partial charge in [0.2, 0.25) is 5.91 Å². The molecule has 0 saturated carbocycles. The van der Waals surface area contributed by atoms with Crippen molar-refractivity contribution in [3.63, 3.8) is 0 Å². The van der Waals surface area contributed by atoms with E-state index in [9.17, 15) is 4.79 Å². The molecule has 1 amide bonds. The van der Waals surface area contributed by atoms with Crippen molar-refractivity contribution in [2.75, 3.05) is 25.0 Å². The first kappa shape index (κ1) is 16.5. The lowest BCUT2D eigenvalue weighted by Crippen LogP contribution is -2.46. The van der Waals surface area contributed by atoms with Crippen LogP contribution in [0.4, 0.5) is 5.69 Å². The molecule has 4 heteroatoms. The first-order valence-electron chi connectivity index (χ1n) is 8.60. The third-order valence-corrected chi connectivity index (χ3v) is 5.01. The molecule has 0 radical (unpaired) electrons. The van der Waals surface area contributed by atoms with Crippen molar-refractivity contribution in [3.05, 3.63) is 59.9 Å². The number of pyridine rings is 1. The Labute approximate surface area is 144 Å². The van der Waals surface area contributed by atoms with E-state index in [-0.39, 0.29) is 5.91 Å². The molecule has 126 valence electrons. The van der Waals surface area contributed by atoms with E-state index in [0.717, 1.165) is 37.1 Å². The second-order valence-electron chi connectivity index (χ2n) is 6.54. The van der Waals surface area contributed by atoms with Crippen LogP contribution in [-0.4, -0.2) is 42.0 Å². The minimum atomic E-state index is 0.227. The molecule has 0 bridgehead atoms. The van der Waals surface area contributed by atoms with Crippen LogP contribution in [0.1, 0.15) is 24.0 Å². The zero-order valence-electron chi connectivity index (χ0n) is 14.5. The van der Waals surface area contributed by atoms with Gasteiger partial charge in [0, 0.05) is 44.3 Å². The standard InChI is InChI=1S/C20H25N3O/c1-16-15-21-11-8-17(16)14-20(24)23-12-9-19(10-13-23)22(2)18-6-4-3-5-7-18/h3-8,11,15,19H,9-10,12-14H2,1-2H3. The number of para-hydroxylation sites is 1. The van der Waals surface area contributed by atoms with Crippen molar-refractivity contribution >= 4 is 11.6 Å². The van der Waals surface area contributed by atoms with Crippen LogP contribution in [0.25, 0.3) is 0 Å². The van der Waals surface area contributed by atoms with Gasteiger partial charge in [-0.25, -0.2) is 0 Å². The number of aryl methyl sites for hydroxylation is 1. The van der Waals surface area contributed by atoms with Gasteiger partial charge in [0.25, 0.3) is 0 Å². The van der Waals surface area contributed by atoms with Crippen LogP contribution in [-0.2, 0) is 11.2 Å². The zero-order chi connectivity index (χ0) is 16.9. The molecule has 1 aliphatic rings. The summed E-state index contributed by atoms with van der Waals surface area (Å²) in [7, 11) is 2.15. The molecule has 1 aromatic carbocycles. The van der Waals surface area contributed by atoms with Crippen LogP contribution in [0.3, 0.4) is 0 Å². The Bertz CT molecular complexity index is 678. The minimum Gasteiger partial charge on any atom is -0.371 e. The molecule has 1 fully saturated rings. The number of rotatable bonds is 4. The number of hydrogen-bond acceptors (Lipinski definition) is 3. The molecule has 4 nitrogen and oxygen atoms in total. The van der Waals surface area contributed by atoms with E-state index in [1.54, 1.807) is 6.20 Å². The number of anilines is 1. The molecule has 1 saturated heterocycles. The van der Waals surface area contributed by atoms with Crippen molar-refractivity contribution in [1.82, 2.24) is 9.88 Å². The monoisotopic (exact) mass is 323 g/mol. The lowest BCUT2D eigenvalue weighted by Gasteiger charge is -2.38. The van der Waals surface area contributed by atoms with Crippen LogP contribution in [0.15, 0.2) is 48.8 Å². The SMILES string of the molecule is Cc1cnccc1CC(=O)N1CCC(N(C)c2ccccc2)CC1. The smallest absolute Gasteiger partial charge is 0.227 e. The van der Waals surface area contributed by atoms with Gasteiger partial charge < -0.3 is 9.80 Å². The van der Waals surface area contributed by atoms with Gasteiger partial charge in [0.15, 0.2) is 0 Å². The van der Waals surface area contributed by atoms with Gasteiger partial charge in [-0.05, 0) is 49.1 Å². The highest BCUT2D eigenvalue weighted by Gasteiger charge is 2.25. The van der Waals surface area contributed by atoms with Gasteiger partial charge in [0.1, 0.15) is 0 Å². The number of benzene rings is 1. The summed E-state index contributed by atoms with van der Waals surface area (Å²) in [6, 6.07) is 12.9. The summed E-state index contributed by atoms with van der Waals surface area (Å²) in [6.07, 6.45) is 6.10. The topological polar surface area (TPSA) is 36.4 Å². The summed E-state index contributed by atoms with van der Waals surface area (Å²) < 4.78 is 0. The second-order valence-corrected chi connectivity index (χ2v) is 6.54. The van der Waals surface area contributed by atoms with Gasteiger partial charge in [0.05, 0.1) is 6.42 Å². The fraction of sp³-hybridized carbons (Fsp3) is 0.400. The van der Waals surface area contributed by atoms with Gasteiger partial charge in [-0.1, -0.05) is 18.2 Å². The molecule has 2 aromatic rings. The second kappa shape index (κ2) is 7.47. The van der Waals surface area contributed by atoms with Gasteiger partial charge in [-0.2, -0.15) is 0 Å². The number of hydrogen-bond donors (Lipinski definition) is 0. The Morgan fingerprint density at radius 1 is 1.21 bits per heavy atom. The minimum absolute atomic E-state index is 0.227. The van der Waals surface area contributed by atoms with Crippen LogP contribution in [0.5, 0.6) is 0 Å². The normalized spacial score (nSPS) is 15.3. The molecule has 3 rings (SSSR count). The van der Waals surface area contributed by atoms with Gasteiger partial charge in [-0.3, -0.25) is 9.78 Å². The summed E-state index contributed by atoms with van der Waals surface area (Å²) in [5, 5.41) is 0. The third kappa shape index (κ3) is 3.75. The number of amides is 1. The van der Waals surface area contributed by atoms with E-state index in [1.807, 2.05) is 30.2 Å². The molecule has 0 N–H and O–H groups in total. The fourth-order valence-electron chi connectivity index (χ4n) is 3.35. The summed E-state index contributed by atoms with van der Waals surface area (Å²) >= 11 is 0. The first-order chi connectivity index (χ1) is 11.6. The van der Waals surface area contributed by atoms with Crippen molar-refractivity contribution in [2.24, 2.45) is 0 Å². The molecular formula is C20H25N3O. The maximum absolute atomic E-state index is 12.6. The number of likely N-dealkylation sites (tertiary alicyclic amines) is 1. The summed E-state index contributed by atoms with van der Waals surface area (Å²) in [5.74, 6) is 0.227. The molecule has 24 heavy (non-hydrogen) atoms. The lowest BCUT2D eigenvalue weighted by molar-refractivity contribution is -0.131. The fourth-order valence-corrected chi connectivity index (χ4v) is 3.35. The van der Waals surface area contributed by atoms with Crippen LogP contribution in [0.2, 0.25) is 0 Å². The largest absolute Gasteiger partial charge is 0.371 e. The maximum atomic E-state index is 12.6. The molecule has 1 aliphatic heterocycles. The summed E-state index contributed by atoms with van der Waals surface area (Å²) in [4.78, 5) is 21.0. The number of nitrogens with zero attached hydrogens (tertiary/aromatic N) is 3. The van der Waals surface area contributed by atoms with Crippen LogP contribution < -0.4 is 4.90 Å². The van der Waals surface area contributed by atoms with Gasteiger partial charge in [-0.15, -0.1) is 0 Å². The average Bonchev–Trinajstić information content (AvgIpc) is 2.64. The Balaban J connectivity index is 1.55. The van der Waals surface area contributed by atoms with Gasteiger partial charge >= 0.3 is 0 Å². The predicted octanol–water partition coefficient (Wildman–Crippen LogP) is 3.06. The molecular weight excluding hydrogens is 298 g/mol. The van der Waals surface area contributed by atoms with E-state index in [4.69, 9.17) is 0 Å². The van der Waals surface area contributed by atoms with Crippen LogP contribution >= 0.6 is 0 Å². The molecule has 0 atom stereocenters. The first-order valence-corrected chi connectivity index (χ1v) is 8.60. The Kier molecular flexibility index (Phi) is 5.14. The molecule has 0 unspecified atom stereocenters. The number of carbonyl (C=O) groups is 1. The van der Waals surface area contributed by atoms with E-state index in [1.165, 1.54) is 5.69 Å². The van der Waals surface area contributed by atoms with Crippen molar-refractivity contribution < 1.29 is 4.79 Å². The Morgan fingerprint density at radius 3 is 2.58 bits per heavy atom.